The number of fused-ring (bicyclic) bond motifs is 2. The molecule has 4 heteroatoms. The van der Waals surface area contributed by atoms with Gasteiger partial charge in [0.1, 0.15) is 0 Å². The van der Waals surface area contributed by atoms with Crippen molar-refractivity contribution >= 4 is 23.2 Å². The number of halogens is 2. The quantitative estimate of drug-likeness (QED) is 0.788. The van der Waals surface area contributed by atoms with Crippen LogP contribution in [0.4, 0.5) is 0 Å². The topological polar surface area (TPSA) is 15.3 Å². The Bertz CT molecular complexity index is 230. The normalized spacial score (nSPS) is 34.6. The largest absolute Gasteiger partial charge is 0.310 e. The molecule has 0 aromatic carbocycles. The first-order valence-electron chi connectivity index (χ1n) is 5.21. The molecule has 2 saturated heterocycles. The van der Waals surface area contributed by atoms with Crippen molar-refractivity contribution in [3.63, 3.8) is 0 Å². The molecule has 0 aliphatic carbocycles. The van der Waals surface area contributed by atoms with Gasteiger partial charge in [-0.05, 0) is 19.3 Å². The minimum absolute atomic E-state index is 0.669. The van der Waals surface area contributed by atoms with E-state index in [1.54, 1.807) is 0 Å². The van der Waals surface area contributed by atoms with Crippen LogP contribution >= 0.6 is 23.2 Å². The minimum Gasteiger partial charge on any atom is -0.310 e. The fourth-order valence-electron chi connectivity index (χ4n) is 2.41. The lowest BCUT2D eigenvalue weighted by Crippen LogP contribution is -2.35. The Kier molecular flexibility index (Phi) is 3.72. The summed E-state index contributed by atoms with van der Waals surface area (Å²) in [4.78, 5) is 2.39. The first-order valence-corrected chi connectivity index (χ1v) is 6.02. The van der Waals surface area contributed by atoms with Gasteiger partial charge in [-0.1, -0.05) is 23.2 Å². The monoisotopic (exact) mass is 234 g/mol. The molecule has 2 rings (SSSR count). The SMILES string of the molecule is Cl/C=C(/Cl)CN1CCC2CCC(C1)N2. The maximum atomic E-state index is 5.92. The molecule has 0 amide bonds. The molecule has 2 aliphatic heterocycles. The standard InChI is InChI=1S/C10H16Cl2N2/c11-5-8(12)6-14-4-3-9-1-2-10(7-14)13-9/h5,9-10,13H,1-4,6-7H2/b8-5+. The van der Waals surface area contributed by atoms with Gasteiger partial charge in [0.05, 0.1) is 0 Å². The number of rotatable bonds is 2. The molecular formula is C10H16Cl2N2. The molecule has 2 nitrogen and oxygen atoms in total. The molecule has 2 unspecified atom stereocenters. The summed E-state index contributed by atoms with van der Waals surface area (Å²) in [5, 5.41) is 4.38. The summed E-state index contributed by atoms with van der Waals surface area (Å²) in [6.45, 7) is 3.04. The maximum absolute atomic E-state index is 5.92. The van der Waals surface area contributed by atoms with Crippen LogP contribution in [0.1, 0.15) is 19.3 Å². The zero-order chi connectivity index (χ0) is 9.97. The van der Waals surface area contributed by atoms with E-state index in [0.717, 1.165) is 30.7 Å². The Morgan fingerprint density at radius 2 is 2.14 bits per heavy atom. The fraction of sp³-hybridized carbons (Fsp3) is 0.800. The molecule has 2 atom stereocenters. The van der Waals surface area contributed by atoms with Crippen LogP contribution in [0.3, 0.4) is 0 Å². The summed E-state index contributed by atoms with van der Waals surface area (Å²) in [7, 11) is 0. The molecule has 1 N–H and O–H groups in total. The van der Waals surface area contributed by atoms with Gasteiger partial charge in [0.2, 0.25) is 0 Å². The van der Waals surface area contributed by atoms with E-state index in [0.29, 0.717) is 6.04 Å². The van der Waals surface area contributed by atoms with Gasteiger partial charge in [-0.2, -0.15) is 0 Å². The van der Waals surface area contributed by atoms with E-state index < -0.39 is 0 Å². The molecule has 0 aromatic heterocycles. The maximum Gasteiger partial charge on any atom is 0.0434 e. The van der Waals surface area contributed by atoms with Gasteiger partial charge in [-0.25, -0.2) is 0 Å². The number of hydrogen-bond donors (Lipinski definition) is 1. The highest BCUT2D eigenvalue weighted by atomic mass is 35.5. The molecule has 80 valence electrons. The Morgan fingerprint density at radius 3 is 2.93 bits per heavy atom. The van der Waals surface area contributed by atoms with Gasteiger partial charge in [-0.3, -0.25) is 4.90 Å². The Hall–Kier alpha value is 0.240. The van der Waals surface area contributed by atoms with Gasteiger partial charge in [-0.15, -0.1) is 0 Å². The van der Waals surface area contributed by atoms with Crippen LogP contribution in [0.15, 0.2) is 10.6 Å². The highest BCUT2D eigenvalue weighted by Crippen LogP contribution is 2.21. The van der Waals surface area contributed by atoms with E-state index >= 15 is 0 Å². The van der Waals surface area contributed by atoms with Crippen LogP contribution in [0.2, 0.25) is 0 Å². The molecule has 2 fully saturated rings. The highest BCUT2D eigenvalue weighted by Gasteiger charge is 2.28. The van der Waals surface area contributed by atoms with Crippen LogP contribution in [-0.2, 0) is 0 Å². The Morgan fingerprint density at radius 1 is 1.36 bits per heavy atom. The lowest BCUT2D eigenvalue weighted by molar-refractivity contribution is 0.283. The molecule has 2 bridgehead atoms. The van der Waals surface area contributed by atoms with E-state index in [1.165, 1.54) is 24.8 Å². The number of nitrogens with one attached hydrogen (secondary N) is 1. The van der Waals surface area contributed by atoms with Crippen molar-refractivity contribution in [2.75, 3.05) is 19.6 Å². The van der Waals surface area contributed by atoms with Gasteiger partial charge >= 0.3 is 0 Å². The molecule has 0 aromatic rings. The predicted molar refractivity (Wildman–Crippen MR) is 60.8 cm³/mol. The van der Waals surface area contributed by atoms with Gasteiger partial charge in [0.15, 0.2) is 0 Å². The van der Waals surface area contributed by atoms with Crippen LogP contribution < -0.4 is 5.32 Å². The molecule has 2 heterocycles. The zero-order valence-electron chi connectivity index (χ0n) is 8.18. The van der Waals surface area contributed by atoms with E-state index in [2.05, 4.69) is 10.2 Å². The van der Waals surface area contributed by atoms with Crippen molar-refractivity contribution in [2.45, 2.75) is 31.3 Å². The lowest BCUT2D eigenvalue weighted by atomic mass is 10.1. The van der Waals surface area contributed by atoms with Crippen molar-refractivity contribution in [3.05, 3.63) is 10.6 Å². The predicted octanol–water partition coefficient (Wildman–Crippen LogP) is 2.13. The summed E-state index contributed by atoms with van der Waals surface area (Å²) in [6.07, 6.45) is 3.89. The zero-order valence-corrected chi connectivity index (χ0v) is 9.69. The molecule has 0 spiro atoms. The molecule has 2 aliphatic rings. The summed E-state index contributed by atoms with van der Waals surface area (Å²) >= 11 is 11.5. The van der Waals surface area contributed by atoms with E-state index in [1.807, 2.05) is 0 Å². The third kappa shape index (κ3) is 2.63. The Labute approximate surface area is 95.2 Å². The summed E-state index contributed by atoms with van der Waals surface area (Å²) in [6, 6.07) is 1.41. The third-order valence-electron chi connectivity index (χ3n) is 3.10. The average molecular weight is 235 g/mol. The number of nitrogens with zero attached hydrogens (tertiary/aromatic N) is 1. The lowest BCUT2D eigenvalue weighted by Gasteiger charge is -2.23. The van der Waals surface area contributed by atoms with Crippen LogP contribution in [0.5, 0.6) is 0 Å². The second kappa shape index (κ2) is 4.84. The smallest absolute Gasteiger partial charge is 0.0434 e. The second-order valence-corrected chi connectivity index (χ2v) is 4.92. The molecule has 14 heavy (non-hydrogen) atoms. The highest BCUT2D eigenvalue weighted by molar-refractivity contribution is 6.36. The third-order valence-corrected chi connectivity index (χ3v) is 3.70. The van der Waals surface area contributed by atoms with Gasteiger partial charge < -0.3 is 5.32 Å². The summed E-state index contributed by atoms with van der Waals surface area (Å²) < 4.78 is 0. The van der Waals surface area contributed by atoms with Crippen LogP contribution in [0.25, 0.3) is 0 Å². The van der Waals surface area contributed by atoms with Crippen molar-refractivity contribution in [1.82, 2.24) is 10.2 Å². The van der Waals surface area contributed by atoms with Crippen LogP contribution in [0, 0.1) is 0 Å². The van der Waals surface area contributed by atoms with Crippen molar-refractivity contribution < 1.29 is 0 Å². The van der Waals surface area contributed by atoms with E-state index in [4.69, 9.17) is 23.2 Å². The molecular weight excluding hydrogens is 219 g/mol. The van der Waals surface area contributed by atoms with Crippen molar-refractivity contribution in [3.8, 4) is 0 Å². The van der Waals surface area contributed by atoms with Crippen molar-refractivity contribution in [2.24, 2.45) is 0 Å². The van der Waals surface area contributed by atoms with Gasteiger partial charge in [0, 0.05) is 42.3 Å². The first-order chi connectivity index (χ1) is 6.78. The number of likely N-dealkylation sites (tertiary alicyclic amines) is 1. The van der Waals surface area contributed by atoms with Gasteiger partial charge in [0.25, 0.3) is 0 Å². The second-order valence-electron chi connectivity index (χ2n) is 4.22. The van der Waals surface area contributed by atoms with Crippen molar-refractivity contribution in [1.29, 1.82) is 0 Å². The van der Waals surface area contributed by atoms with E-state index in [-0.39, 0.29) is 0 Å². The fourth-order valence-corrected chi connectivity index (χ4v) is 2.65. The molecule has 0 radical (unpaired) electrons. The van der Waals surface area contributed by atoms with Crippen LogP contribution in [-0.4, -0.2) is 36.6 Å². The number of hydrogen-bond acceptors (Lipinski definition) is 2. The Balaban J connectivity index is 1.88. The summed E-state index contributed by atoms with van der Waals surface area (Å²) in [5.74, 6) is 0. The van der Waals surface area contributed by atoms with E-state index in [9.17, 15) is 0 Å². The summed E-state index contributed by atoms with van der Waals surface area (Å²) in [5.41, 5.74) is 1.47. The average Bonchev–Trinajstić information content (AvgIpc) is 2.50. The molecule has 0 saturated carbocycles. The minimum atomic E-state index is 0.669. The first kappa shape index (κ1) is 10.7.